The maximum Gasteiger partial charge on any atom is 0.224 e. The van der Waals surface area contributed by atoms with Crippen molar-refractivity contribution in [2.75, 3.05) is 10.6 Å². The second-order valence-electron chi connectivity index (χ2n) is 7.36. The molecule has 0 atom stereocenters. The molecule has 0 aliphatic heterocycles. The number of guanidine groups is 1. The first-order valence-corrected chi connectivity index (χ1v) is 9.54. The molecule has 0 unspecified atom stereocenters. The number of anilines is 2. The first-order valence-electron chi connectivity index (χ1n) is 9.54. The molecule has 150 valence electrons. The zero-order valence-electron chi connectivity index (χ0n) is 17.0. The van der Waals surface area contributed by atoms with E-state index in [4.69, 9.17) is 10.5 Å². The Morgan fingerprint density at radius 3 is 2.39 bits per heavy atom. The van der Waals surface area contributed by atoms with Crippen molar-refractivity contribution in [2.24, 2.45) is 16.6 Å². The molecule has 0 bridgehead atoms. The molecular weight excluding hydrogens is 352 g/mol. The summed E-state index contributed by atoms with van der Waals surface area (Å²) in [6.07, 6.45) is 0.636. The van der Waals surface area contributed by atoms with E-state index in [2.05, 4.69) is 15.6 Å². The summed E-state index contributed by atoms with van der Waals surface area (Å²) < 4.78 is 5.62. The number of nitrogens with two attached hydrogens (primary N) is 1. The number of nitrogens with one attached hydrogen (secondary N) is 2. The predicted molar refractivity (Wildman–Crippen MR) is 116 cm³/mol. The van der Waals surface area contributed by atoms with Gasteiger partial charge in [0.2, 0.25) is 5.91 Å². The van der Waals surface area contributed by atoms with Crippen molar-refractivity contribution in [1.29, 1.82) is 0 Å². The topological polar surface area (TPSA) is 88.7 Å². The fourth-order valence-electron chi connectivity index (χ4n) is 2.58. The van der Waals surface area contributed by atoms with Crippen LogP contribution < -0.4 is 21.1 Å². The van der Waals surface area contributed by atoms with Crippen molar-refractivity contribution < 1.29 is 9.53 Å². The number of ether oxygens (including phenoxy) is 1. The summed E-state index contributed by atoms with van der Waals surface area (Å²) in [5.74, 6) is 1.48. The molecule has 0 aliphatic rings. The lowest BCUT2D eigenvalue weighted by atomic mass is 10.1. The Labute approximate surface area is 167 Å². The van der Waals surface area contributed by atoms with Crippen molar-refractivity contribution in [3.05, 3.63) is 54.1 Å². The average Bonchev–Trinajstić information content (AvgIpc) is 2.61. The summed E-state index contributed by atoms with van der Waals surface area (Å²) in [7, 11) is 0. The number of carbonyl (C=O) groups excluding carboxylic acids is 1. The van der Waals surface area contributed by atoms with Crippen LogP contribution in [-0.2, 0) is 11.3 Å². The molecule has 0 spiro atoms. The summed E-state index contributed by atoms with van der Waals surface area (Å²) in [4.78, 5) is 16.3. The summed E-state index contributed by atoms with van der Waals surface area (Å²) in [5, 5.41) is 5.98. The lowest BCUT2D eigenvalue weighted by Crippen LogP contribution is -2.22. The zero-order valence-corrected chi connectivity index (χ0v) is 17.0. The normalized spacial score (nSPS) is 11.6. The Morgan fingerprint density at radius 1 is 1.04 bits per heavy atom. The van der Waals surface area contributed by atoms with Crippen LogP contribution in [0.15, 0.2) is 53.5 Å². The number of benzene rings is 2. The molecule has 28 heavy (non-hydrogen) atoms. The standard InChI is InChI=1S/C22H30N4O2/c1-15(2)12-21(27)25-19-7-5-6-17(13-19)14-24-22(23)26-18-8-10-20(11-9-18)28-16(3)4/h5-11,13,15-16H,12,14H2,1-4H3,(H,25,27)(H3,23,24,26). The number of hydrogen-bond donors (Lipinski definition) is 3. The average molecular weight is 383 g/mol. The largest absolute Gasteiger partial charge is 0.491 e. The van der Waals surface area contributed by atoms with E-state index in [0.29, 0.717) is 24.8 Å². The molecule has 0 aromatic heterocycles. The molecule has 2 aromatic carbocycles. The fourth-order valence-corrected chi connectivity index (χ4v) is 2.58. The lowest BCUT2D eigenvalue weighted by Gasteiger charge is -2.11. The van der Waals surface area contributed by atoms with E-state index < -0.39 is 0 Å². The van der Waals surface area contributed by atoms with Crippen molar-refractivity contribution >= 4 is 23.2 Å². The van der Waals surface area contributed by atoms with E-state index in [1.54, 1.807) is 0 Å². The fraction of sp³-hybridized carbons (Fsp3) is 0.364. The Balaban J connectivity index is 1.91. The van der Waals surface area contributed by atoms with Crippen molar-refractivity contribution in [3.63, 3.8) is 0 Å². The van der Waals surface area contributed by atoms with Crippen LogP contribution in [0.5, 0.6) is 5.75 Å². The van der Waals surface area contributed by atoms with Crippen LogP contribution in [0.4, 0.5) is 11.4 Å². The Hall–Kier alpha value is -3.02. The highest BCUT2D eigenvalue weighted by atomic mass is 16.5. The zero-order chi connectivity index (χ0) is 20.5. The van der Waals surface area contributed by atoms with Gasteiger partial charge in [-0.3, -0.25) is 4.79 Å². The van der Waals surface area contributed by atoms with Crippen LogP contribution >= 0.6 is 0 Å². The van der Waals surface area contributed by atoms with Crippen LogP contribution in [0.3, 0.4) is 0 Å². The van der Waals surface area contributed by atoms with E-state index in [-0.39, 0.29) is 12.0 Å². The number of nitrogens with zero attached hydrogens (tertiary/aromatic N) is 1. The SMILES string of the molecule is CC(C)CC(=O)Nc1cccc(CN=C(N)Nc2ccc(OC(C)C)cc2)c1. The highest BCUT2D eigenvalue weighted by Crippen LogP contribution is 2.17. The van der Waals surface area contributed by atoms with Gasteiger partial charge in [-0.25, -0.2) is 4.99 Å². The molecule has 0 saturated carbocycles. The van der Waals surface area contributed by atoms with E-state index >= 15 is 0 Å². The van der Waals surface area contributed by atoms with Gasteiger partial charge in [0.05, 0.1) is 12.6 Å². The van der Waals surface area contributed by atoms with Crippen molar-refractivity contribution in [2.45, 2.75) is 46.8 Å². The van der Waals surface area contributed by atoms with Gasteiger partial charge in [0.25, 0.3) is 0 Å². The van der Waals surface area contributed by atoms with Gasteiger partial charge >= 0.3 is 0 Å². The van der Waals surface area contributed by atoms with E-state index in [1.165, 1.54) is 0 Å². The second-order valence-corrected chi connectivity index (χ2v) is 7.36. The molecule has 0 heterocycles. The van der Waals surface area contributed by atoms with Gasteiger partial charge in [-0.2, -0.15) is 0 Å². The van der Waals surface area contributed by atoms with Gasteiger partial charge in [-0.1, -0.05) is 26.0 Å². The molecule has 0 aliphatic carbocycles. The first kappa shape index (κ1) is 21.3. The van der Waals surface area contributed by atoms with Gasteiger partial charge in [-0.05, 0) is 61.7 Å². The molecule has 6 nitrogen and oxygen atoms in total. The van der Waals surface area contributed by atoms with E-state index in [0.717, 1.165) is 22.7 Å². The maximum absolute atomic E-state index is 11.9. The van der Waals surface area contributed by atoms with Crippen LogP contribution in [0.25, 0.3) is 0 Å². The molecular formula is C22H30N4O2. The van der Waals surface area contributed by atoms with Gasteiger partial charge in [0.15, 0.2) is 5.96 Å². The molecule has 0 saturated heterocycles. The number of amides is 1. The molecule has 2 rings (SSSR count). The lowest BCUT2D eigenvalue weighted by molar-refractivity contribution is -0.116. The minimum absolute atomic E-state index is 0.0155. The number of carbonyl (C=O) groups is 1. The van der Waals surface area contributed by atoms with Crippen LogP contribution in [-0.4, -0.2) is 18.0 Å². The number of aliphatic imine (C=N–C) groups is 1. The summed E-state index contributed by atoms with van der Waals surface area (Å²) in [6.45, 7) is 8.43. The molecule has 6 heteroatoms. The number of hydrogen-bond acceptors (Lipinski definition) is 3. The Morgan fingerprint density at radius 2 is 1.75 bits per heavy atom. The maximum atomic E-state index is 11.9. The second kappa shape index (κ2) is 10.3. The smallest absolute Gasteiger partial charge is 0.224 e. The van der Waals surface area contributed by atoms with E-state index in [9.17, 15) is 4.79 Å². The summed E-state index contributed by atoms with van der Waals surface area (Å²) in [6, 6.07) is 15.2. The van der Waals surface area contributed by atoms with Crippen LogP contribution in [0.1, 0.15) is 39.7 Å². The molecule has 0 radical (unpaired) electrons. The highest BCUT2D eigenvalue weighted by molar-refractivity contribution is 5.92. The molecule has 2 aromatic rings. The molecule has 1 amide bonds. The third-order valence-corrected chi connectivity index (χ3v) is 3.73. The van der Waals surface area contributed by atoms with Crippen molar-refractivity contribution in [3.8, 4) is 5.75 Å². The van der Waals surface area contributed by atoms with Crippen LogP contribution in [0, 0.1) is 5.92 Å². The quantitative estimate of drug-likeness (QED) is 0.467. The molecule has 0 fully saturated rings. The summed E-state index contributed by atoms with van der Waals surface area (Å²) >= 11 is 0. The van der Waals surface area contributed by atoms with Gasteiger partial charge in [-0.15, -0.1) is 0 Å². The minimum atomic E-state index is 0.0155. The van der Waals surface area contributed by atoms with Gasteiger partial charge in [0.1, 0.15) is 5.75 Å². The third-order valence-electron chi connectivity index (χ3n) is 3.73. The Bertz CT molecular complexity index is 798. The highest BCUT2D eigenvalue weighted by Gasteiger charge is 2.06. The molecule has 4 N–H and O–H groups in total. The van der Waals surface area contributed by atoms with Crippen molar-refractivity contribution in [1.82, 2.24) is 0 Å². The summed E-state index contributed by atoms with van der Waals surface area (Å²) in [5.41, 5.74) is 8.56. The van der Waals surface area contributed by atoms with Gasteiger partial charge in [0, 0.05) is 17.8 Å². The first-order chi connectivity index (χ1) is 13.3. The minimum Gasteiger partial charge on any atom is -0.491 e. The number of rotatable bonds is 8. The van der Waals surface area contributed by atoms with Gasteiger partial charge < -0.3 is 21.1 Å². The van der Waals surface area contributed by atoms with E-state index in [1.807, 2.05) is 76.2 Å². The third kappa shape index (κ3) is 7.70. The predicted octanol–water partition coefficient (Wildman–Crippen LogP) is 4.39. The van der Waals surface area contributed by atoms with Crippen LogP contribution in [0.2, 0.25) is 0 Å². The Kier molecular flexibility index (Phi) is 7.87. The monoisotopic (exact) mass is 382 g/mol.